The molecule has 1 aromatic carbocycles. The molecule has 0 atom stereocenters. The zero-order valence-electron chi connectivity index (χ0n) is 11.3. The van der Waals surface area contributed by atoms with Crippen molar-refractivity contribution in [2.75, 3.05) is 38.1 Å². The summed E-state index contributed by atoms with van der Waals surface area (Å²) in [5.74, 6) is 1.08. The summed E-state index contributed by atoms with van der Waals surface area (Å²) in [5, 5.41) is 3.39. The largest absolute Gasteiger partial charge is 0.493 e. The number of hydrogen-bond acceptors (Lipinski definition) is 3. The lowest BCUT2D eigenvalue weighted by atomic mass is 9.83. The highest BCUT2D eigenvalue weighted by Crippen LogP contribution is 2.34. The third kappa shape index (κ3) is 2.07. The Morgan fingerprint density at radius 3 is 3.00 bits per heavy atom. The van der Waals surface area contributed by atoms with Crippen LogP contribution in [0.15, 0.2) is 18.2 Å². The average Bonchev–Trinajstić information content (AvgIpc) is 2.81. The van der Waals surface area contributed by atoms with E-state index in [4.69, 9.17) is 4.74 Å². The minimum absolute atomic E-state index is 0.338. The molecule has 3 rings (SSSR count). The van der Waals surface area contributed by atoms with E-state index < -0.39 is 0 Å². The van der Waals surface area contributed by atoms with Crippen LogP contribution < -0.4 is 10.1 Å². The maximum Gasteiger partial charge on any atom is 0.124 e. The van der Waals surface area contributed by atoms with Crippen LogP contribution in [-0.4, -0.2) is 37.7 Å². The zero-order valence-corrected chi connectivity index (χ0v) is 11.3. The summed E-state index contributed by atoms with van der Waals surface area (Å²) in [5.41, 5.74) is 2.94. The first-order valence-electron chi connectivity index (χ1n) is 6.91. The minimum atomic E-state index is 0.338. The molecular weight excluding hydrogens is 224 g/mol. The molecule has 1 aromatic rings. The van der Waals surface area contributed by atoms with Crippen molar-refractivity contribution in [2.24, 2.45) is 5.41 Å². The molecule has 1 fully saturated rings. The Bertz CT molecular complexity index is 438. The van der Waals surface area contributed by atoms with Gasteiger partial charge in [-0.1, -0.05) is 19.9 Å². The topological polar surface area (TPSA) is 24.5 Å². The first kappa shape index (κ1) is 11.8. The zero-order chi connectivity index (χ0) is 12.6. The SMILES string of the molecule is CCN1CC(C)(COc2cccc3c2CCN3)C1. The molecule has 2 aliphatic rings. The van der Waals surface area contributed by atoms with Gasteiger partial charge < -0.3 is 15.0 Å². The van der Waals surface area contributed by atoms with Gasteiger partial charge in [0.05, 0.1) is 6.61 Å². The number of ether oxygens (including phenoxy) is 1. The molecule has 3 nitrogen and oxygen atoms in total. The smallest absolute Gasteiger partial charge is 0.124 e. The van der Waals surface area contributed by atoms with E-state index in [1.165, 1.54) is 11.3 Å². The first-order chi connectivity index (χ1) is 8.70. The van der Waals surface area contributed by atoms with Crippen LogP contribution in [-0.2, 0) is 6.42 Å². The molecule has 2 heterocycles. The quantitative estimate of drug-likeness (QED) is 0.882. The highest BCUT2D eigenvalue weighted by Gasteiger charge is 2.38. The highest BCUT2D eigenvalue weighted by atomic mass is 16.5. The van der Waals surface area contributed by atoms with Gasteiger partial charge in [0, 0.05) is 36.3 Å². The number of benzene rings is 1. The number of anilines is 1. The Balaban J connectivity index is 1.63. The van der Waals surface area contributed by atoms with Crippen LogP contribution in [0.2, 0.25) is 0 Å². The molecule has 0 aromatic heterocycles. The first-order valence-corrected chi connectivity index (χ1v) is 6.91. The molecule has 0 radical (unpaired) electrons. The Morgan fingerprint density at radius 1 is 1.39 bits per heavy atom. The molecule has 0 unspecified atom stereocenters. The summed E-state index contributed by atoms with van der Waals surface area (Å²) in [6, 6.07) is 6.32. The second-order valence-electron chi connectivity index (χ2n) is 5.86. The van der Waals surface area contributed by atoms with Gasteiger partial charge in [0.1, 0.15) is 5.75 Å². The van der Waals surface area contributed by atoms with Gasteiger partial charge in [0.25, 0.3) is 0 Å². The predicted octanol–water partition coefficient (Wildman–Crippen LogP) is 2.38. The Morgan fingerprint density at radius 2 is 2.22 bits per heavy atom. The fourth-order valence-electron chi connectivity index (χ4n) is 3.05. The van der Waals surface area contributed by atoms with Crippen molar-refractivity contribution in [3.8, 4) is 5.75 Å². The summed E-state index contributed by atoms with van der Waals surface area (Å²) in [4.78, 5) is 2.46. The van der Waals surface area contributed by atoms with E-state index in [0.29, 0.717) is 5.41 Å². The lowest BCUT2D eigenvalue weighted by molar-refractivity contribution is -0.0157. The summed E-state index contributed by atoms with van der Waals surface area (Å²) in [6.45, 7) is 9.89. The molecule has 0 aliphatic carbocycles. The van der Waals surface area contributed by atoms with Crippen LogP contribution in [0.4, 0.5) is 5.69 Å². The minimum Gasteiger partial charge on any atom is -0.493 e. The van der Waals surface area contributed by atoms with Crippen molar-refractivity contribution in [3.63, 3.8) is 0 Å². The van der Waals surface area contributed by atoms with Gasteiger partial charge in [-0.2, -0.15) is 0 Å². The molecular formula is C15H22N2O. The molecule has 1 saturated heterocycles. The number of fused-ring (bicyclic) bond motifs is 1. The van der Waals surface area contributed by atoms with Gasteiger partial charge in [0.2, 0.25) is 0 Å². The third-order valence-corrected chi connectivity index (χ3v) is 4.06. The lowest BCUT2D eigenvalue weighted by Gasteiger charge is -2.47. The van der Waals surface area contributed by atoms with Crippen molar-refractivity contribution >= 4 is 5.69 Å². The molecule has 2 aliphatic heterocycles. The lowest BCUT2D eigenvalue weighted by Crippen LogP contribution is -2.57. The van der Waals surface area contributed by atoms with E-state index in [2.05, 4.69) is 42.3 Å². The van der Waals surface area contributed by atoms with E-state index in [1.807, 2.05) is 0 Å². The van der Waals surface area contributed by atoms with Gasteiger partial charge in [-0.05, 0) is 25.1 Å². The number of hydrogen-bond donors (Lipinski definition) is 1. The van der Waals surface area contributed by atoms with E-state index in [0.717, 1.165) is 45.0 Å². The Kier molecular flexibility index (Phi) is 2.94. The van der Waals surface area contributed by atoms with Crippen LogP contribution in [0.25, 0.3) is 0 Å². The second-order valence-corrected chi connectivity index (χ2v) is 5.86. The normalized spacial score (nSPS) is 21.0. The van der Waals surface area contributed by atoms with Gasteiger partial charge in [-0.25, -0.2) is 0 Å². The summed E-state index contributed by atoms with van der Waals surface area (Å²) >= 11 is 0. The molecule has 0 bridgehead atoms. The van der Waals surface area contributed by atoms with Gasteiger partial charge in [-0.3, -0.25) is 0 Å². The average molecular weight is 246 g/mol. The van der Waals surface area contributed by atoms with E-state index in [9.17, 15) is 0 Å². The third-order valence-electron chi connectivity index (χ3n) is 4.06. The standard InChI is InChI=1S/C15H22N2O/c1-3-17-9-15(2,10-17)11-18-14-6-4-5-13-12(14)7-8-16-13/h4-6,16H,3,7-11H2,1-2H3. The van der Waals surface area contributed by atoms with Gasteiger partial charge in [-0.15, -0.1) is 0 Å². The van der Waals surface area contributed by atoms with Crippen molar-refractivity contribution in [2.45, 2.75) is 20.3 Å². The number of likely N-dealkylation sites (tertiary alicyclic amines) is 1. The van der Waals surface area contributed by atoms with E-state index in [-0.39, 0.29) is 0 Å². The summed E-state index contributed by atoms with van der Waals surface area (Å²) in [6.07, 6.45) is 1.09. The number of nitrogens with one attached hydrogen (secondary N) is 1. The summed E-state index contributed by atoms with van der Waals surface area (Å²) < 4.78 is 6.08. The summed E-state index contributed by atoms with van der Waals surface area (Å²) in [7, 11) is 0. The molecule has 3 heteroatoms. The van der Waals surface area contributed by atoms with Crippen LogP contribution in [0.3, 0.4) is 0 Å². The Labute approximate surface area is 109 Å². The molecule has 0 amide bonds. The van der Waals surface area contributed by atoms with Crippen LogP contribution in [0.5, 0.6) is 5.75 Å². The second kappa shape index (κ2) is 4.47. The molecule has 0 spiro atoms. The maximum atomic E-state index is 6.08. The van der Waals surface area contributed by atoms with Crippen molar-refractivity contribution in [3.05, 3.63) is 23.8 Å². The van der Waals surface area contributed by atoms with E-state index in [1.54, 1.807) is 0 Å². The van der Waals surface area contributed by atoms with Crippen LogP contribution in [0.1, 0.15) is 19.4 Å². The number of nitrogens with zero attached hydrogens (tertiary/aromatic N) is 1. The molecule has 18 heavy (non-hydrogen) atoms. The van der Waals surface area contributed by atoms with Crippen LogP contribution >= 0.6 is 0 Å². The maximum absolute atomic E-state index is 6.08. The molecule has 98 valence electrons. The van der Waals surface area contributed by atoms with E-state index >= 15 is 0 Å². The fraction of sp³-hybridized carbons (Fsp3) is 0.600. The van der Waals surface area contributed by atoms with Crippen molar-refractivity contribution < 1.29 is 4.74 Å². The fourth-order valence-corrected chi connectivity index (χ4v) is 3.05. The molecule has 1 N–H and O–H groups in total. The predicted molar refractivity (Wildman–Crippen MR) is 74.4 cm³/mol. The van der Waals surface area contributed by atoms with Gasteiger partial charge >= 0.3 is 0 Å². The highest BCUT2D eigenvalue weighted by molar-refractivity contribution is 5.61. The van der Waals surface area contributed by atoms with Gasteiger partial charge in [0.15, 0.2) is 0 Å². The molecule has 0 saturated carbocycles. The number of rotatable bonds is 4. The van der Waals surface area contributed by atoms with Crippen LogP contribution in [0, 0.1) is 5.41 Å². The Hall–Kier alpha value is -1.22. The van der Waals surface area contributed by atoms with Crippen molar-refractivity contribution in [1.82, 2.24) is 4.90 Å². The monoisotopic (exact) mass is 246 g/mol. The van der Waals surface area contributed by atoms with Crippen molar-refractivity contribution in [1.29, 1.82) is 0 Å².